The molecule has 2 N–H and O–H groups in total. The molecule has 10 heteroatoms. The van der Waals surface area contributed by atoms with Gasteiger partial charge in [0.05, 0.1) is 17.0 Å². The Morgan fingerprint density at radius 1 is 0.944 bits per heavy atom. The summed E-state index contributed by atoms with van der Waals surface area (Å²) < 4.78 is 54.4. The first kappa shape index (κ1) is 25.3. The number of carbonyl (C=O) groups is 2. The van der Waals surface area contributed by atoms with Gasteiger partial charge in [-0.3, -0.25) is 9.59 Å². The zero-order valence-electron chi connectivity index (χ0n) is 18.8. The molecule has 4 aromatic rings. The molecule has 0 spiro atoms. The van der Waals surface area contributed by atoms with E-state index in [0.29, 0.717) is 6.54 Å². The molecule has 0 fully saturated rings. The monoisotopic (exact) mass is 515 g/mol. The molecular weight excluding hydrogens is 494 g/mol. The molecule has 0 aliphatic carbocycles. The first-order chi connectivity index (χ1) is 17.2. The molecule has 0 radical (unpaired) electrons. The summed E-state index contributed by atoms with van der Waals surface area (Å²) in [4.78, 5) is 25.5. The number of rotatable bonds is 8. The first-order valence-corrected chi connectivity index (χ1v) is 11.9. The Morgan fingerprint density at radius 2 is 1.69 bits per heavy atom. The molecule has 5 nitrogen and oxygen atoms in total. The van der Waals surface area contributed by atoms with Crippen molar-refractivity contribution in [2.24, 2.45) is 0 Å². The van der Waals surface area contributed by atoms with E-state index in [1.165, 1.54) is 42.1 Å². The summed E-state index contributed by atoms with van der Waals surface area (Å²) in [6, 6.07) is 17.7. The van der Waals surface area contributed by atoms with E-state index < -0.39 is 23.5 Å². The summed E-state index contributed by atoms with van der Waals surface area (Å²) >= 11 is 1.30. The van der Waals surface area contributed by atoms with Crippen molar-refractivity contribution in [2.75, 3.05) is 17.6 Å². The van der Waals surface area contributed by atoms with Crippen molar-refractivity contribution in [3.63, 3.8) is 0 Å². The molecule has 0 unspecified atom stereocenters. The maximum atomic E-state index is 13.8. The number of hydrogen-bond donors (Lipinski definition) is 2. The van der Waals surface area contributed by atoms with E-state index in [4.69, 9.17) is 0 Å². The molecule has 0 bridgehead atoms. The number of hydrogen-bond acceptors (Lipinski definition) is 3. The topological polar surface area (TPSA) is 63.1 Å². The van der Waals surface area contributed by atoms with Crippen LogP contribution in [0.3, 0.4) is 0 Å². The van der Waals surface area contributed by atoms with Gasteiger partial charge >= 0.3 is 6.18 Å². The number of halogens is 4. The van der Waals surface area contributed by atoms with Crippen LogP contribution in [0.5, 0.6) is 0 Å². The fourth-order valence-electron chi connectivity index (χ4n) is 3.63. The molecule has 36 heavy (non-hydrogen) atoms. The molecule has 1 heterocycles. The molecule has 3 aromatic carbocycles. The minimum atomic E-state index is -4.53. The van der Waals surface area contributed by atoms with Crippen LogP contribution < -0.4 is 10.6 Å². The van der Waals surface area contributed by atoms with Crippen LogP contribution in [0.1, 0.15) is 15.9 Å². The Kier molecular flexibility index (Phi) is 7.64. The van der Waals surface area contributed by atoms with E-state index in [2.05, 4.69) is 10.6 Å². The number of benzene rings is 3. The van der Waals surface area contributed by atoms with E-state index >= 15 is 0 Å². The highest BCUT2D eigenvalue weighted by molar-refractivity contribution is 8.00. The van der Waals surface area contributed by atoms with Crippen LogP contribution in [0, 0.1) is 5.82 Å². The van der Waals surface area contributed by atoms with Gasteiger partial charge in [-0.15, -0.1) is 11.8 Å². The maximum absolute atomic E-state index is 13.8. The Morgan fingerprint density at radius 3 is 2.47 bits per heavy atom. The second-order valence-electron chi connectivity index (χ2n) is 7.86. The van der Waals surface area contributed by atoms with Crippen LogP contribution >= 0.6 is 11.8 Å². The molecular formula is C26H21F4N3O2S. The summed E-state index contributed by atoms with van der Waals surface area (Å²) in [5.41, 5.74) is 0.0384. The van der Waals surface area contributed by atoms with Crippen LogP contribution in [0.15, 0.2) is 83.9 Å². The van der Waals surface area contributed by atoms with Crippen molar-refractivity contribution < 1.29 is 27.2 Å². The van der Waals surface area contributed by atoms with Crippen LogP contribution in [0.4, 0.5) is 23.2 Å². The number of alkyl halides is 3. The lowest BCUT2D eigenvalue weighted by Crippen LogP contribution is -2.27. The van der Waals surface area contributed by atoms with Crippen LogP contribution in [-0.2, 0) is 17.5 Å². The number of anilines is 1. The average Bonchev–Trinajstić information content (AvgIpc) is 3.21. The van der Waals surface area contributed by atoms with E-state index in [9.17, 15) is 27.2 Å². The fraction of sp³-hybridized carbons (Fsp3) is 0.154. The largest absolute Gasteiger partial charge is 0.416 e. The summed E-state index contributed by atoms with van der Waals surface area (Å²) in [7, 11) is 0. The van der Waals surface area contributed by atoms with Gasteiger partial charge in [0, 0.05) is 40.6 Å². The normalized spacial score (nSPS) is 11.4. The zero-order chi connectivity index (χ0) is 25.7. The predicted molar refractivity (Wildman–Crippen MR) is 131 cm³/mol. The minimum Gasteiger partial charge on any atom is -0.350 e. The van der Waals surface area contributed by atoms with Crippen molar-refractivity contribution in [2.45, 2.75) is 17.6 Å². The quantitative estimate of drug-likeness (QED) is 0.225. The summed E-state index contributed by atoms with van der Waals surface area (Å²) in [6.07, 6.45) is -2.68. The number of thioether (sulfide) groups is 1. The average molecular weight is 516 g/mol. The van der Waals surface area contributed by atoms with Gasteiger partial charge < -0.3 is 15.2 Å². The van der Waals surface area contributed by atoms with Crippen molar-refractivity contribution in [3.05, 3.63) is 95.9 Å². The Bertz CT molecular complexity index is 1400. The molecule has 0 aliphatic heterocycles. The number of carbonyl (C=O) groups excluding carboxylic acids is 2. The Hall–Kier alpha value is -3.79. The van der Waals surface area contributed by atoms with Crippen molar-refractivity contribution >= 4 is 40.2 Å². The van der Waals surface area contributed by atoms with Crippen LogP contribution in [-0.4, -0.2) is 28.7 Å². The van der Waals surface area contributed by atoms with Crippen LogP contribution in [0.25, 0.3) is 10.9 Å². The zero-order valence-corrected chi connectivity index (χ0v) is 19.6. The van der Waals surface area contributed by atoms with Gasteiger partial charge in [-0.1, -0.05) is 36.4 Å². The van der Waals surface area contributed by atoms with E-state index in [1.54, 1.807) is 6.07 Å². The maximum Gasteiger partial charge on any atom is 0.416 e. The van der Waals surface area contributed by atoms with Crippen LogP contribution in [0.2, 0.25) is 0 Å². The van der Waals surface area contributed by atoms with Gasteiger partial charge in [0.25, 0.3) is 5.91 Å². The number of para-hydroxylation sites is 2. The molecule has 2 amide bonds. The highest BCUT2D eigenvalue weighted by atomic mass is 32.2. The first-order valence-electron chi connectivity index (χ1n) is 10.9. The minimum absolute atomic E-state index is 0.0641. The second kappa shape index (κ2) is 10.9. The molecule has 4 rings (SSSR count). The third-order valence-electron chi connectivity index (χ3n) is 5.35. The van der Waals surface area contributed by atoms with Crippen molar-refractivity contribution in [1.82, 2.24) is 9.88 Å². The van der Waals surface area contributed by atoms with E-state index in [1.807, 2.05) is 35.0 Å². The molecule has 1 aromatic heterocycles. The molecule has 186 valence electrons. The van der Waals surface area contributed by atoms with E-state index in [-0.39, 0.29) is 29.5 Å². The number of amides is 2. The number of nitrogens with zero attached hydrogens (tertiary/aromatic N) is 1. The van der Waals surface area contributed by atoms with Gasteiger partial charge in [-0.25, -0.2) is 4.39 Å². The van der Waals surface area contributed by atoms with E-state index in [0.717, 1.165) is 27.9 Å². The lowest BCUT2D eigenvalue weighted by molar-refractivity contribution is -0.137. The van der Waals surface area contributed by atoms with Crippen molar-refractivity contribution in [3.8, 4) is 0 Å². The molecule has 0 saturated heterocycles. The number of fused-ring (bicyclic) bond motifs is 1. The summed E-state index contributed by atoms with van der Waals surface area (Å²) in [5.74, 6) is -1.40. The lowest BCUT2D eigenvalue weighted by Gasteiger charge is -2.10. The number of aromatic nitrogens is 1. The van der Waals surface area contributed by atoms with Gasteiger partial charge in [-0.05, 0) is 36.4 Å². The van der Waals surface area contributed by atoms with Gasteiger partial charge in [-0.2, -0.15) is 13.2 Å². The Balaban J connectivity index is 1.39. The third-order valence-corrected chi connectivity index (χ3v) is 6.39. The second-order valence-corrected chi connectivity index (χ2v) is 8.87. The molecule has 0 saturated carbocycles. The highest BCUT2D eigenvalue weighted by Crippen LogP contribution is 2.31. The third kappa shape index (κ3) is 6.06. The molecule has 0 atom stereocenters. The van der Waals surface area contributed by atoms with Gasteiger partial charge in [0.1, 0.15) is 5.82 Å². The number of nitrogens with one attached hydrogen (secondary N) is 2. The predicted octanol–water partition coefficient (Wildman–Crippen LogP) is 5.96. The summed E-state index contributed by atoms with van der Waals surface area (Å²) in [5, 5.41) is 6.11. The fourth-order valence-corrected chi connectivity index (χ4v) is 4.52. The molecule has 0 aliphatic rings. The van der Waals surface area contributed by atoms with Crippen molar-refractivity contribution in [1.29, 1.82) is 0 Å². The lowest BCUT2D eigenvalue weighted by atomic mass is 10.1. The summed E-state index contributed by atoms with van der Waals surface area (Å²) in [6.45, 7) is 0.554. The highest BCUT2D eigenvalue weighted by Gasteiger charge is 2.30. The Labute approximate surface area is 208 Å². The van der Waals surface area contributed by atoms with Gasteiger partial charge in [0.2, 0.25) is 5.91 Å². The standard InChI is InChI=1S/C26H21F4N3O2S/c27-20-9-2-3-10-21(20)32-24(34)16-36-23-15-33(22-11-4-1-8-19(22)23)13-12-31-25(35)17-6-5-7-18(14-17)26(28,29)30/h1-11,14-15H,12-13,16H2,(H,31,35)(H,32,34). The SMILES string of the molecule is O=C(CSc1cn(CCNC(=O)c2cccc(C(F)(F)F)c2)c2ccccc12)Nc1ccccc1F. The van der Waals surface area contributed by atoms with Gasteiger partial charge in [0.15, 0.2) is 0 Å². The smallest absolute Gasteiger partial charge is 0.350 e.